The van der Waals surface area contributed by atoms with Crippen molar-refractivity contribution >= 4 is 16.7 Å². The summed E-state index contributed by atoms with van der Waals surface area (Å²) in [6.45, 7) is 1.98. The van der Waals surface area contributed by atoms with Crippen LogP contribution in [-0.4, -0.2) is 39.9 Å². The van der Waals surface area contributed by atoms with Crippen molar-refractivity contribution in [1.29, 1.82) is 0 Å². The monoisotopic (exact) mass is 279 g/mol. The van der Waals surface area contributed by atoms with E-state index >= 15 is 0 Å². The van der Waals surface area contributed by atoms with E-state index in [1.54, 1.807) is 24.3 Å². The molecule has 1 aromatic rings. The summed E-state index contributed by atoms with van der Waals surface area (Å²) in [7, 11) is -0.886. The van der Waals surface area contributed by atoms with E-state index in [1.165, 1.54) is 0 Å². The first-order chi connectivity index (χ1) is 9.19. The average molecular weight is 279 g/mol. The highest BCUT2D eigenvalue weighted by Crippen LogP contribution is 2.06. The van der Waals surface area contributed by atoms with Gasteiger partial charge in [-0.2, -0.15) is 0 Å². The third kappa shape index (κ3) is 5.25. The fourth-order valence-corrected chi connectivity index (χ4v) is 2.06. The van der Waals surface area contributed by atoms with Crippen LogP contribution < -0.4 is 5.32 Å². The van der Waals surface area contributed by atoms with Crippen molar-refractivity contribution in [3.05, 3.63) is 35.4 Å². The molecule has 0 aromatic heterocycles. The summed E-state index contributed by atoms with van der Waals surface area (Å²) in [6.07, 6.45) is 0. The van der Waals surface area contributed by atoms with Crippen molar-refractivity contribution in [3.8, 4) is 11.8 Å². The van der Waals surface area contributed by atoms with Crippen LogP contribution in [-0.2, 0) is 10.8 Å². The van der Waals surface area contributed by atoms with Crippen LogP contribution >= 0.6 is 0 Å². The summed E-state index contributed by atoms with van der Waals surface area (Å²) < 4.78 is 11.2. The zero-order valence-corrected chi connectivity index (χ0v) is 11.6. The minimum absolute atomic E-state index is 0.240. The van der Waals surface area contributed by atoms with Gasteiger partial charge in [0.2, 0.25) is 0 Å². The fourth-order valence-electron chi connectivity index (χ4n) is 1.44. The Balaban J connectivity index is 2.69. The van der Waals surface area contributed by atoms with E-state index in [4.69, 9.17) is 5.11 Å². The molecule has 0 saturated heterocycles. The molecule has 0 aliphatic carbocycles. The summed E-state index contributed by atoms with van der Waals surface area (Å²) in [4.78, 5) is 12.0. The molecule has 0 aliphatic heterocycles. The van der Waals surface area contributed by atoms with Crippen LogP contribution in [0.5, 0.6) is 0 Å². The summed E-state index contributed by atoms with van der Waals surface area (Å²) in [5.74, 6) is 6.06. The molecule has 5 heteroatoms. The lowest BCUT2D eigenvalue weighted by molar-refractivity contribution is 0.0956. The Hall–Kier alpha value is -1.64. The summed E-state index contributed by atoms with van der Waals surface area (Å²) in [6, 6.07) is 6.93. The lowest BCUT2D eigenvalue weighted by Crippen LogP contribution is -2.28. The molecule has 0 radical (unpaired) electrons. The molecule has 1 amide bonds. The van der Waals surface area contributed by atoms with Gasteiger partial charge < -0.3 is 10.4 Å². The zero-order valence-electron chi connectivity index (χ0n) is 10.8. The standard InChI is InChI=1S/C14H17NO3S/c1-2-19(18)11-9-15-14(17)13-8-4-3-6-12(13)7-5-10-16/h3-4,6,8,16H,2,9-11H2,1H3,(H,15,17). The number of amides is 1. The van der Waals surface area contributed by atoms with Crippen LogP contribution in [0.15, 0.2) is 24.3 Å². The van der Waals surface area contributed by atoms with Gasteiger partial charge in [0.05, 0.1) is 5.56 Å². The van der Waals surface area contributed by atoms with Gasteiger partial charge in [0.25, 0.3) is 5.91 Å². The topological polar surface area (TPSA) is 66.4 Å². The molecular formula is C14H17NO3S. The Kier molecular flexibility index (Phi) is 6.86. The van der Waals surface area contributed by atoms with E-state index in [-0.39, 0.29) is 12.5 Å². The summed E-state index contributed by atoms with van der Waals surface area (Å²) in [5.41, 5.74) is 1.04. The zero-order chi connectivity index (χ0) is 14.1. The van der Waals surface area contributed by atoms with E-state index in [0.29, 0.717) is 29.2 Å². The lowest BCUT2D eigenvalue weighted by Gasteiger charge is -2.06. The number of aliphatic hydroxyl groups is 1. The number of nitrogens with one attached hydrogen (secondary N) is 1. The first-order valence-corrected chi connectivity index (χ1v) is 7.49. The first kappa shape index (κ1) is 15.4. The number of hydrogen-bond donors (Lipinski definition) is 2. The molecule has 0 spiro atoms. The van der Waals surface area contributed by atoms with Gasteiger partial charge in [0, 0.05) is 34.4 Å². The van der Waals surface area contributed by atoms with Gasteiger partial charge in [0.1, 0.15) is 6.61 Å². The van der Waals surface area contributed by atoms with Crippen molar-refractivity contribution in [2.45, 2.75) is 6.92 Å². The highest BCUT2D eigenvalue weighted by atomic mass is 32.2. The fraction of sp³-hybridized carbons (Fsp3) is 0.357. The van der Waals surface area contributed by atoms with Crippen LogP contribution in [0, 0.1) is 11.8 Å². The molecule has 1 atom stereocenters. The molecule has 2 N–H and O–H groups in total. The summed E-state index contributed by atoms with van der Waals surface area (Å²) in [5, 5.41) is 11.4. The predicted octanol–water partition coefficient (Wildman–Crippen LogP) is 0.529. The molecule has 1 unspecified atom stereocenters. The Labute approximate surface area is 115 Å². The maximum Gasteiger partial charge on any atom is 0.252 e. The Bertz CT molecular complexity index is 517. The molecule has 0 bridgehead atoms. The highest BCUT2D eigenvalue weighted by molar-refractivity contribution is 7.84. The average Bonchev–Trinajstić information content (AvgIpc) is 2.45. The highest BCUT2D eigenvalue weighted by Gasteiger charge is 2.09. The first-order valence-electron chi connectivity index (χ1n) is 6.01. The Morgan fingerprint density at radius 2 is 2.16 bits per heavy atom. The van der Waals surface area contributed by atoms with Crippen molar-refractivity contribution in [3.63, 3.8) is 0 Å². The quantitative estimate of drug-likeness (QED) is 0.773. The summed E-state index contributed by atoms with van der Waals surface area (Å²) >= 11 is 0. The predicted molar refractivity (Wildman–Crippen MR) is 76.3 cm³/mol. The van der Waals surface area contributed by atoms with Gasteiger partial charge in [-0.15, -0.1) is 0 Å². The van der Waals surface area contributed by atoms with Gasteiger partial charge in [-0.1, -0.05) is 30.9 Å². The largest absolute Gasteiger partial charge is 0.384 e. The van der Waals surface area contributed by atoms with Gasteiger partial charge in [-0.3, -0.25) is 9.00 Å². The number of aliphatic hydroxyl groups excluding tert-OH is 1. The molecule has 1 rings (SSSR count). The van der Waals surface area contributed by atoms with Crippen LogP contribution in [0.3, 0.4) is 0 Å². The molecule has 0 heterocycles. The van der Waals surface area contributed by atoms with Crippen LogP contribution in [0.2, 0.25) is 0 Å². The smallest absolute Gasteiger partial charge is 0.252 e. The van der Waals surface area contributed by atoms with E-state index in [9.17, 15) is 9.00 Å². The molecule has 0 fully saturated rings. The maximum absolute atomic E-state index is 12.0. The number of carbonyl (C=O) groups is 1. The SMILES string of the molecule is CCS(=O)CCNC(=O)c1ccccc1C#CCO. The van der Waals surface area contributed by atoms with Crippen molar-refractivity contribution in [2.24, 2.45) is 0 Å². The van der Waals surface area contributed by atoms with Gasteiger partial charge in [0.15, 0.2) is 0 Å². The molecule has 0 aliphatic rings. The molecule has 1 aromatic carbocycles. The molecule has 0 saturated carbocycles. The number of carbonyl (C=O) groups excluding carboxylic acids is 1. The molecule has 102 valence electrons. The number of rotatable bonds is 5. The van der Waals surface area contributed by atoms with E-state index in [0.717, 1.165) is 0 Å². The van der Waals surface area contributed by atoms with Crippen LogP contribution in [0.4, 0.5) is 0 Å². The van der Waals surface area contributed by atoms with E-state index < -0.39 is 10.8 Å². The lowest BCUT2D eigenvalue weighted by atomic mass is 10.1. The number of hydrogen-bond acceptors (Lipinski definition) is 3. The number of benzene rings is 1. The van der Waals surface area contributed by atoms with Crippen molar-refractivity contribution < 1.29 is 14.1 Å². The molecular weight excluding hydrogens is 262 g/mol. The van der Waals surface area contributed by atoms with Gasteiger partial charge in [-0.25, -0.2) is 0 Å². The molecule has 4 nitrogen and oxygen atoms in total. The minimum atomic E-state index is -0.886. The van der Waals surface area contributed by atoms with Crippen LogP contribution in [0.25, 0.3) is 0 Å². The second-order valence-corrected chi connectivity index (χ2v) is 5.56. The van der Waals surface area contributed by atoms with Crippen molar-refractivity contribution in [1.82, 2.24) is 5.32 Å². The van der Waals surface area contributed by atoms with Gasteiger partial charge in [-0.05, 0) is 12.1 Å². The second-order valence-electron chi connectivity index (χ2n) is 3.69. The van der Waals surface area contributed by atoms with E-state index in [1.807, 2.05) is 6.92 Å². The minimum Gasteiger partial charge on any atom is -0.384 e. The van der Waals surface area contributed by atoms with E-state index in [2.05, 4.69) is 17.2 Å². The van der Waals surface area contributed by atoms with Gasteiger partial charge >= 0.3 is 0 Å². The third-order valence-electron chi connectivity index (χ3n) is 2.41. The van der Waals surface area contributed by atoms with Crippen molar-refractivity contribution in [2.75, 3.05) is 24.7 Å². The Morgan fingerprint density at radius 3 is 2.84 bits per heavy atom. The maximum atomic E-state index is 12.0. The Morgan fingerprint density at radius 1 is 1.42 bits per heavy atom. The molecule has 19 heavy (non-hydrogen) atoms. The second kappa shape index (κ2) is 8.46. The normalized spacial score (nSPS) is 11.3. The third-order valence-corrected chi connectivity index (χ3v) is 3.71. The van der Waals surface area contributed by atoms with Crippen LogP contribution in [0.1, 0.15) is 22.8 Å².